The molecule has 4 fully saturated rings. The second-order valence-electron chi connectivity index (χ2n) is 12.0. The molecule has 3 amide bonds. The van der Waals surface area contributed by atoms with Crippen molar-refractivity contribution in [3.8, 4) is 0 Å². The van der Waals surface area contributed by atoms with E-state index in [1.165, 1.54) is 6.42 Å². The highest BCUT2D eigenvalue weighted by Gasteiger charge is 2.52. The lowest BCUT2D eigenvalue weighted by Crippen LogP contribution is -2.53. The Kier molecular flexibility index (Phi) is 8.54. The van der Waals surface area contributed by atoms with Crippen molar-refractivity contribution in [1.82, 2.24) is 20.4 Å². The van der Waals surface area contributed by atoms with Gasteiger partial charge in [0.2, 0.25) is 11.8 Å². The van der Waals surface area contributed by atoms with Gasteiger partial charge in [-0.15, -0.1) is 0 Å². The molecule has 1 aromatic carbocycles. The first-order valence-electron chi connectivity index (χ1n) is 14.8. The van der Waals surface area contributed by atoms with Gasteiger partial charge in [-0.2, -0.15) is 0 Å². The van der Waals surface area contributed by atoms with Gasteiger partial charge in [0.25, 0.3) is 5.91 Å². The molecule has 212 valence electrons. The molecule has 1 aliphatic carbocycles. The third kappa shape index (κ3) is 5.98. The Hall–Kier alpha value is -2.94. The normalized spacial score (nSPS) is 24.7. The molecule has 2 N–H and O–H groups in total. The molecular formula is C30H43N5O4. The lowest BCUT2D eigenvalue weighted by atomic mass is 9.88. The van der Waals surface area contributed by atoms with Crippen molar-refractivity contribution >= 4 is 29.2 Å². The van der Waals surface area contributed by atoms with Crippen LogP contribution < -0.4 is 15.5 Å². The van der Waals surface area contributed by atoms with Crippen molar-refractivity contribution in [2.45, 2.75) is 76.9 Å². The molecule has 1 aromatic rings. The number of amides is 3. The molecular weight excluding hydrogens is 494 g/mol. The molecule has 3 atom stereocenters. The number of rotatable bonds is 7. The fourth-order valence-electron chi connectivity index (χ4n) is 6.82. The molecule has 0 radical (unpaired) electrons. The summed E-state index contributed by atoms with van der Waals surface area (Å²) in [5.41, 5.74) is 1.59. The molecule has 0 bridgehead atoms. The number of anilines is 1. The summed E-state index contributed by atoms with van der Waals surface area (Å²) in [4.78, 5) is 59.1. The molecule has 3 unspecified atom stereocenters. The number of Topliss-reactive ketones (excluding diaryl/α,β-unsaturated/α-hetero) is 1. The summed E-state index contributed by atoms with van der Waals surface area (Å²) in [5, 5.41) is 6.32. The second-order valence-corrected chi connectivity index (χ2v) is 12.0. The number of nitrogens with one attached hydrogen (secondary N) is 2. The van der Waals surface area contributed by atoms with Crippen LogP contribution in [0.5, 0.6) is 0 Å². The fraction of sp³-hybridized carbons (Fsp3) is 0.667. The molecule has 3 saturated heterocycles. The zero-order valence-electron chi connectivity index (χ0n) is 23.4. The van der Waals surface area contributed by atoms with E-state index < -0.39 is 12.1 Å². The van der Waals surface area contributed by atoms with Gasteiger partial charge in [0.1, 0.15) is 12.1 Å². The lowest BCUT2D eigenvalue weighted by molar-refractivity contribution is -0.138. The minimum atomic E-state index is -0.722. The third-order valence-electron chi connectivity index (χ3n) is 8.87. The number of hydrogen-bond donors (Lipinski definition) is 2. The number of carbonyl (C=O) groups excluding carboxylic acids is 4. The van der Waals surface area contributed by atoms with E-state index in [-0.39, 0.29) is 47.9 Å². The fourth-order valence-corrected chi connectivity index (χ4v) is 6.82. The quantitative estimate of drug-likeness (QED) is 0.553. The summed E-state index contributed by atoms with van der Waals surface area (Å²) in [6.45, 7) is 8.30. The Bertz CT molecular complexity index is 1060. The molecule has 5 rings (SSSR count). The number of fused-ring (bicyclic) bond motifs is 1. The largest absolute Gasteiger partial charge is 0.369 e. The van der Waals surface area contributed by atoms with E-state index in [4.69, 9.17) is 0 Å². The van der Waals surface area contributed by atoms with Gasteiger partial charge in [-0.05, 0) is 55.9 Å². The van der Waals surface area contributed by atoms with Crippen LogP contribution in [0.3, 0.4) is 0 Å². The van der Waals surface area contributed by atoms with Gasteiger partial charge < -0.3 is 25.3 Å². The van der Waals surface area contributed by atoms with Crippen LogP contribution in [-0.4, -0.2) is 90.7 Å². The number of piperazine rings is 1. The average Bonchev–Trinajstić information content (AvgIpc) is 3.54. The van der Waals surface area contributed by atoms with Gasteiger partial charge in [0.05, 0.1) is 12.6 Å². The van der Waals surface area contributed by atoms with E-state index in [0.29, 0.717) is 24.9 Å². The van der Waals surface area contributed by atoms with Gasteiger partial charge in [-0.25, -0.2) is 0 Å². The van der Waals surface area contributed by atoms with E-state index in [2.05, 4.69) is 15.5 Å². The van der Waals surface area contributed by atoms with Crippen molar-refractivity contribution < 1.29 is 19.2 Å². The lowest BCUT2D eigenvalue weighted by Gasteiger charge is -2.30. The van der Waals surface area contributed by atoms with Crippen LogP contribution in [0.2, 0.25) is 0 Å². The zero-order valence-corrected chi connectivity index (χ0v) is 23.4. The van der Waals surface area contributed by atoms with Crippen LogP contribution in [0.4, 0.5) is 5.69 Å². The molecule has 3 heterocycles. The highest BCUT2D eigenvalue weighted by molar-refractivity contribution is 6.01. The van der Waals surface area contributed by atoms with Crippen molar-refractivity contribution in [3.63, 3.8) is 0 Å². The maximum absolute atomic E-state index is 13.8. The van der Waals surface area contributed by atoms with Gasteiger partial charge in [0, 0.05) is 49.9 Å². The summed E-state index contributed by atoms with van der Waals surface area (Å²) in [7, 11) is 0. The summed E-state index contributed by atoms with van der Waals surface area (Å²) >= 11 is 0. The first-order valence-corrected chi connectivity index (χ1v) is 14.8. The van der Waals surface area contributed by atoms with Gasteiger partial charge in [0.15, 0.2) is 5.78 Å². The monoisotopic (exact) mass is 537 g/mol. The molecule has 0 aromatic heterocycles. The highest BCUT2D eigenvalue weighted by Crippen LogP contribution is 2.34. The molecule has 4 aliphatic rings. The Balaban J connectivity index is 1.25. The van der Waals surface area contributed by atoms with Crippen molar-refractivity contribution in [2.24, 2.45) is 11.8 Å². The second kappa shape index (κ2) is 12.1. The van der Waals surface area contributed by atoms with Gasteiger partial charge >= 0.3 is 0 Å². The Morgan fingerprint density at radius 1 is 0.949 bits per heavy atom. The summed E-state index contributed by atoms with van der Waals surface area (Å²) < 4.78 is 0. The van der Waals surface area contributed by atoms with E-state index in [1.807, 2.05) is 38.1 Å². The molecule has 3 aliphatic heterocycles. The molecule has 1 saturated carbocycles. The smallest absolute Gasteiger partial charge is 0.251 e. The van der Waals surface area contributed by atoms with Gasteiger partial charge in [-0.1, -0.05) is 33.1 Å². The number of carbonyl (C=O) groups is 4. The standard InChI is InChI=1S/C30H43N5O4/c1-20(2)18-24(32-28(37)21-8-10-23(11-9-21)33-16-13-31-14-17-33)30(39)34-15-12-25-27(34)26(36)19-35(25)29(38)22-6-4-3-5-7-22/h8-11,20,22,24-25,27,31H,3-7,12-19H2,1-2H3,(H,32,37). The number of hydrogen-bond acceptors (Lipinski definition) is 6. The number of benzene rings is 1. The predicted octanol–water partition coefficient (Wildman–Crippen LogP) is 2.20. The number of likely N-dealkylation sites (tertiary alicyclic amines) is 2. The SMILES string of the molecule is CC(C)CC(NC(=O)c1ccc(N2CCNCC2)cc1)C(=O)N1CCC2C1C(=O)CN2C(=O)C1CCCCC1. The zero-order chi connectivity index (χ0) is 27.5. The van der Waals surface area contributed by atoms with Crippen LogP contribution in [0.15, 0.2) is 24.3 Å². The minimum Gasteiger partial charge on any atom is -0.369 e. The van der Waals surface area contributed by atoms with Crippen LogP contribution in [0.1, 0.15) is 69.2 Å². The van der Waals surface area contributed by atoms with Crippen LogP contribution in [0, 0.1) is 11.8 Å². The first kappa shape index (κ1) is 27.6. The van der Waals surface area contributed by atoms with Crippen LogP contribution >= 0.6 is 0 Å². The summed E-state index contributed by atoms with van der Waals surface area (Å²) in [5.74, 6) is -0.308. The molecule has 9 nitrogen and oxygen atoms in total. The van der Waals surface area contributed by atoms with E-state index in [0.717, 1.165) is 57.5 Å². The molecule has 39 heavy (non-hydrogen) atoms. The number of ketones is 1. The van der Waals surface area contributed by atoms with E-state index in [1.54, 1.807) is 9.80 Å². The minimum absolute atomic E-state index is 0.000924. The molecule has 9 heteroatoms. The third-order valence-corrected chi connectivity index (χ3v) is 8.87. The summed E-state index contributed by atoms with van der Waals surface area (Å²) in [6.07, 6.45) is 6.16. The predicted molar refractivity (Wildman–Crippen MR) is 149 cm³/mol. The van der Waals surface area contributed by atoms with Crippen molar-refractivity contribution in [1.29, 1.82) is 0 Å². The first-order chi connectivity index (χ1) is 18.8. The van der Waals surface area contributed by atoms with E-state index in [9.17, 15) is 19.2 Å². The van der Waals surface area contributed by atoms with Crippen molar-refractivity contribution in [3.05, 3.63) is 29.8 Å². The summed E-state index contributed by atoms with van der Waals surface area (Å²) in [6, 6.07) is 5.97. The average molecular weight is 538 g/mol. The van der Waals surface area contributed by atoms with Crippen molar-refractivity contribution in [2.75, 3.05) is 44.2 Å². The molecule has 0 spiro atoms. The maximum Gasteiger partial charge on any atom is 0.251 e. The van der Waals surface area contributed by atoms with Crippen LogP contribution in [-0.2, 0) is 14.4 Å². The highest BCUT2D eigenvalue weighted by atomic mass is 16.2. The topological polar surface area (TPSA) is 102 Å². The Labute approximate surface area is 231 Å². The van der Waals surface area contributed by atoms with E-state index >= 15 is 0 Å². The Morgan fingerprint density at radius 3 is 2.31 bits per heavy atom. The van der Waals surface area contributed by atoms with Gasteiger partial charge in [-0.3, -0.25) is 19.2 Å². The maximum atomic E-state index is 13.8. The Morgan fingerprint density at radius 2 is 1.64 bits per heavy atom. The van der Waals surface area contributed by atoms with Crippen LogP contribution in [0.25, 0.3) is 0 Å². The number of nitrogens with zero attached hydrogens (tertiary/aromatic N) is 3.